The van der Waals surface area contributed by atoms with Crippen LogP contribution >= 0.6 is 0 Å². The molecule has 27 heavy (non-hydrogen) atoms. The number of allylic oxidation sites excluding steroid dienone is 4. The number of rotatable bonds is 8. The van der Waals surface area contributed by atoms with Crippen molar-refractivity contribution in [2.45, 2.75) is 51.9 Å². The van der Waals surface area contributed by atoms with Crippen LogP contribution in [0.2, 0.25) is 0 Å². The summed E-state index contributed by atoms with van der Waals surface area (Å²) in [7, 11) is 1.36. The molecule has 1 N–H and O–H groups in total. The van der Waals surface area contributed by atoms with E-state index in [1.807, 2.05) is 18.2 Å². The van der Waals surface area contributed by atoms with Crippen LogP contribution in [0.4, 0.5) is 0 Å². The molecule has 1 aliphatic rings. The van der Waals surface area contributed by atoms with Crippen molar-refractivity contribution in [2.75, 3.05) is 13.7 Å². The van der Waals surface area contributed by atoms with Gasteiger partial charge < -0.3 is 10.1 Å². The Kier molecular flexibility index (Phi) is 8.31. The standard InChI is InChI=1S/C23H31NO3/c1-17(2)8-7-9-18-12-13-20(23(26)24-15-14-22(25)27-3)21(16-18)19-10-5-4-6-11-19/h4-6,8,10-12,20-21H,7,9,13-16H2,1-3H3,(H,24,26)/t20-,21+/m1/s1. The van der Waals surface area contributed by atoms with Gasteiger partial charge in [-0.05, 0) is 51.0 Å². The average Bonchev–Trinajstić information content (AvgIpc) is 2.68. The van der Waals surface area contributed by atoms with E-state index < -0.39 is 0 Å². The molecule has 0 radical (unpaired) electrons. The van der Waals surface area contributed by atoms with Gasteiger partial charge in [-0.25, -0.2) is 0 Å². The first-order chi connectivity index (χ1) is 13.0. The number of methoxy groups -OCH3 is 1. The van der Waals surface area contributed by atoms with Gasteiger partial charge in [-0.2, -0.15) is 0 Å². The summed E-state index contributed by atoms with van der Waals surface area (Å²) >= 11 is 0. The van der Waals surface area contributed by atoms with Crippen molar-refractivity contribution < 1.29 is 14.3 Å². The quantitative estimate of drug-likeness (QED) is 0.541. The Bertz CT molecular complexity index is 687. The molecule has 1 aromatic carbocycles. The molecular formula is C23H31NO3. The number of ether oxygens (including phenoxy) is 1. The van der Waals surface area contributed by atoms with Crippen molar-refractivity contribution in [3.8, 4) is 0 Å². The van der Waals surface area contributed by atoms with Crippen molar-refractivity contribution in [2.24, 2.45) is 5.92 Å². The lowest BCUT2D eigenvalue weighted by molar-refractivity contribution is -0.140. The molecule has 1 aliphatic carbocycles. The summed E-state index contributed by atoms with van der Waals surface area (Å²) in [6.45, 7) is 4.56. The molecule has 1 aromatic rings. The molecule has 0 spiro atoms. The highest BCUT2D eigenvalue weighted by Crippen LogP contribution is 2.39. The van der Waals surface area contributed by atoms with Gasteiger partial charge >= 0.3 is 5.97 Å². The Hall–Kier alpha value is -2.36. The highest BCUT2D eigenvalue weighted by molar-refractivity contribution is 5.81. The van der Waals surface area contributed by atoms with E-state index >= 15 is 0 Å². The molecule has 2 atom stereocenters. The molecule has 0 saturated carbocycles. The Labute approximate surface area is 162 Å². The molecule has 0 aromatic heterocycles. The van der Waals surface area contributed by atoms with Crippen LogP contribution in [0, 0.1) is 5.92 Å². The fourth-order valence-electron chi connectivity index (χ4n) is 3.58. The molecule has 2 rings (SSSR count). The first-order valence-corrected chi connectivity index (χ1v) is 9.72. The molecule has 0 bridgehead atoms. The number of esters is 1. The van der Waals surface area contributed by atoms with Crippen LogP contribution < -0.4 is 5.32 Å². The summed E-state index contributed by atoms with van der Waals surface area (Å²) < 4.78 is 4.63. The van der Waals surface area contributed by atoms with Crippen molar-refractivity contribution in [1.29, 1.82) is 0 Å². The zero-order valence-electron chi connectivity index (χ0n) is 16.7. The number of amides is 1. The zero-order valence-corrected chi connectivity index (χ0v) is 16.7. The summed E-state index contributed by atoms with van der Waals surface area (Å²) in [5, 5.41) is 2.91. The normalized spacial score (nSPS) is 19.0. The predicted octanol–water partition coefficient (Wildman–Crippen LogP) is 4.53. The molecular weight excluding hydrogens is 338 g/mol. The van der Waals surface area contributed by atoms with Gasteiger partial charge in [-0.1, -0.05) is 53.6 Å². The molecule has 0 fully saturated rings. The molecule has 0 unspecified atom stereocenters. The minimum absolute atomic E-state index is 0.0207. The zero-order chi connectivity index (χ0) is 19.6. The lowest BCUT2D eigenvalue weighted by Crippen LogP contribution is -2.36. The Morgan fingerprint density at radius 3 is 2.63 bits per heavy atom. The van der Waals surface area contributed by atoms with Gasteiger partial charge in [-0.3, -0.25) is 9.59 Å². The smallest absolute Gasteiger partial charge is 0.307 e. The van der Waals surface area contributed by atoms with Crippen molar-refractivity contribution >= 4 is 11.9 Å². The van der Waals surface area contributed by atoms with E-state index in [1.54, 1.807) is 0 Å². The highest BCUT2D eigenvalue weighted by atomic mass is 16.5. The minimum atomic E-state index is -0.306. The maximum atomic E-state index is 12.8. The first-order valence-electron chi connectivity index (χ1n) is 9.72. The van der Waals surface area contributed by atoms with E-state index in [2.05, 4.69) is 48.2 Å². The van der Waals surface area contributed by atoms with Crippen molar-refractivity contribution in [3.05, 3.63) is 59.2 Å². The third-order valence-corrected chi connectivity index (χ3v) is 5.07. The fourth-order valence-corrected chi connectivity index (χ4v) is 3.58. The second-order valence-electron chi connectivity index (χ2n) is 7.36. The third-order valence-electron chi connectivity index (χ3n) is 5.07. The third kappa shape index (κ3) is 6.70. The van der Waals surface area contributed by atoms with Crippen LogP contribution in [0.3, 0.4) is 0 Å². The maximum absolute atomic E-state index is 12.8. The maximum Gasteiger partial charge on any atom is 0.307 e. The number of nitrogens with one attached hydrogen (secondary N) is 1. The van der Waals surface area contributed by atoms with E-state index in [0.717, 1.165) is 25.7 Å². The second-order valence-corrected chi connectivity index (χ2v) is 7.36. The van der Waals surface area contributed by atoms with Crippen LogP contribution in [0.25, 0.3) is 0 Å². The Morgan fingerprint density at radius 2 is 1.96 bits per heavy atom. The fraction of sp³-hybridized carbons (Fsp3) is 0.478. The number of carbonyl (C=O) groups is 2. The summed E-state index contributed by atoms with van der Waals surface area (Å²) in [5.74, 6) is -0.208. The number of benzene rings is 1. The second kappa shape index (κ2) is 10.7. The average molecular weight is 370 g/mol. The van der Waals surface area contributed by atoms with Gasteiger partial charge in [0.15, 0.2) is 0 Å². The Balaban J connectivity index is 2.06. The minimum Gasteiger partial charge on any atom is -0.469 e. The lowest BCUT2D eigenvalue weighted by Gasteiger charge is -2.31. The van der Waals surface area contributed by atoms with E-state index in [-0.39, 0.29) is 30.1 Å². The van der Waals surface area contributed by atoms with Crippen LogP contribution in [0.5, 0.6) is 0 Å². The van der Waals surface area contributed by atoms with Crippen LogP contribution in [0.15, 0.2) is 53.6 Å². The van der Waals surface area contributed by atoms with Crippen LogP contribution in [-0.4, -0.2) is 25.5 Å². The lowest BCUT2D eigenvalue weighted by atomic mass is 9.74. The number of hydrogen-bond acceptors (Lipinski definition) is 3. The van der Waals surface area contributed by atoms with E-state index in [9.17, 15) is 9.59 Å². The van der Waals surface area contributed by atoms with E-state index in [0.29, 0.717) is 6.54 Å². The van der Waals surface area contributed by atoms with Gasteiger partial charge in [0.25, 0.3) is 0 Å². The molecule has 146 valence electrons. The number of carbonyl (C=O) groups excluding carboxylic acids is 2. The Morgan fingerprint density at radius 1 is 1.22 bits per heavy atom. The van der Waals surface area contributed by atoms with Gasteiger partial charge in [0.05, 0.1) is 13.5 Å². The van der Waals surface area contributed by atoms with Crippen molar-refractivity contribution in [3.63, 3.8) is 0 Å². The summed E-state index contributed by atoms with van der Waals surface area (Å²) in [4.78, 5) is 24.0. The van der Waals surface area contributed by atoms with Crippen LogP contribution in [0.1, 0.15) is 57.4 Å². The van der Waals surface area contributed by atoms with Gasteiger partial charge in [0.1, 0.15) is 0 Å². The van der Waals surface area contributed by atoms with Crippen molar-refractivity contribution in [1.82, 2.24) is 5.32 Å². The van der Waals surface area contributed by atoms with Gasteiger partial charge in [0.2, 0.25) is 5.91 Å². The van der Waals surface area contributed by atoms with E-state index in [4.69, 9.17) is 0 Å². The predicted molar refractivity (Wildman–Crippen MR) is 108 cm³/mol. The summed E-state index contributed by atoms with van der Waals surface area (Å²) in [5.41, 5.74) is 3.98. The summed E-state index contributed by atoms with van der Waals surface area (Å²) in [6, 6.07) is 10.3. The molecule has 4 nitrogen and oxygen atoms in total. The molecule has 4 heteroatoms. The monoisotopic (exact) mass is 369 g/mol. The molecule has 0 saturated heterocycles. The molecule has 1 amide bonds. The molecule has 0 heterocycles. The first kappa shape index (κ1) is 20.9. The summed E-state index contributed by atoms with van der Waals surface area (Å²) in [6.07, 6.45) is 8.46. The van der Waals surface area contributed by atoms with Gasteiger partial charge in [0, 0.05) is 12.5 Å². The topological polar surface area (TPSA) is 55.4 Å². The highest BCUT2D eigenvalue weighted by Gasteiger charge is 2.32. The van der Waals surface area contributed by atoms with E-state index in [1.165, 1.54) is 23.8 Å². The van der Waals surface area contributed by atoms with Gasteiger partial charge in [-0.15, -0.1) is 0 Å². The SMILES string of the molecule is COC(=O)CCNC(=O)[C@@H]1CC=C(CCC=C(C)C)C[C@H]1c1ccccc1. The van der Waals surface area contributed by atoms with Crippen LogP contribution in [-0.2, 0) is 14.3 Å². The molecule has 0 aliphatic heterocycles. The number of hydrogen-bond donors (Lipinski definition) is 1. The largest absolute Gasteiger partial charge is 0.469 e.